The number of halogens is 1. The summed E-state index contributed by atoms with van der Waals surface area (Å²) < 4.78 is 5.06. The lowest BCUT2D eigenvalue weighted by molar-refractivity contribution is -0.138. The van der Waals surface area contributed by atoms with Gasteiger partial charge in [-0.3, -0.25) is 0 Å². The van der Waals surface area contributed by atoms with Gasteiger partial charge in [0.25, 0.3) is 0 Å². The van der Waals surface area contributed by atoms with Gasteiger partial charge >= 0.3 is 5.97 Å². The smallest absolute Gasteiger partial charge is 0.335 e. The van der Waals surface area contributed by atoms with E-state index < -0.39 is 5.97 Å². The number of para-hydroxylation sites is 1. The molecule has 3 nitrogen and oxygen atoms in total. The van der Waals surface area contributed by atoms with Crippen LogP contribution in [0.4, 0.5) is 5.69 Å². The Morgan fingerprint density at radius 2 is 1.82 bits per heavy atom. The van der Waals surface area contributed by atoms with Crippen molar-refractivity contribution in [2.75, 3.05) is 11.9 Å². The van der Waals surface area contributed by atoms with Crippen LogP contribution in [0.25, 0.3) is 0 Å². The summed E-state index contributed by atoms with van der Waals surface area (Å²) in [5.41, 5.74) is 2.15. The van der Waals surface area contributed by atoms with Crippen molar-refractivity contribution < 1.29 is 9.53 Å². The first-order chi connectivity index (χ1) is 10.6. The van der Waals surface area contributed by atoms with E-state index in [1.807, 2.05) is 42.5 Å². The molecule has 0 amide bonds. The van der Waals surface area contributed by atoms with Gasteiger partial charge in [-0.2, -0.15) is 0 Å². The zero-order valence-electron chi connectivity index (χ0n) is 12.4. The molecule has 0 spiro atoms. The summed E-state index contributed by atoms with van der Waals surface area (Å²) in [7, 11) is 0. The molecule has 0 unspecified atom stereocenters. The third kappa shape index (κ3) is 4.12. The fourth-order valence-electron chi connectivity index (χ4n) is 2.07. The van der Waals surface area contributed by atoms with Crippen LogP contribution in [0.5, 0.6) is 0 Å². The van der Waals surface area contributed by atoms with Crippen molar-refractivity contribution in [1.29, 1.82) is 0 Å². The van der Waals surface area contributed by atoms with Crippen LogP contribution in [0.15, 0.2) is 66.7 Å². The maximum atomic E-state index is 12.0. The van der Waals surface area contributed by atoms with E-state index in [4.69, 9.17) is 16.3 Å². The van der Waals surface area contributed by atoms with Gasteiger partial charge in [0.1, 0.15) is 0 Å². The fraction of sp³-hybridized carbons (Fsp3) is 0.167. The number of carbonyl (C=O) groups excluding carboxylic acids is 1. The summed E-state index contributed by atoms with van der Waals surface area (Å²) in [5.74, 6) is -0.411. The monoisotopic (exact) mass is 315 g/mol. The molecule has 0 radical (unpaired) electrons. The first kappa shape index (κ1) is 16.1. The highest BCUT2D eigenvalue weighted by Crippen LogP contribution is 2.27. The first-order valence-electron chi connectivity index (χ1n) is 7.04. The van der Waals surface area contributed by atoms with Crippen molar-refractivity contribution in [2.45, 2.75) is 13.0 Å². The largest absolute Gasteiger partial charge is 0.463 e. The molecular formula is C18H18ClNO2. The van der Waals surface area contributed by atoms with Crippen LogP contribution in [0, 0.1) is 0 Å². The molecule has 1 atom stereocenters. The zero-order valence-corrected chi connectivity index (χ0v) is 13.1. The van der Waals surface area contributed by atoms with E-state index in [-0.39, 0.29) is 6.04 Å². The minimum absolute atomic E-state index is 0.316. The molecule has 0 bridgehead atoms. The Balaban J connectivity index is 2.29. The minimum Gasteiger partial charge on any atom is -0.463 e. The molecule has 0 saturated carbocycles. The zero-order chi connectivity index (χ0) is 15.9. The number of carbonyl (C=O) groups is 1. The van der Waals surface area contributed by atoms with Crippen LogP contribution in [0.1, 0.15) is 18.5 Å². The molecule has 0 heterocycles. The minimum atomic E-state index is -0.411. The number of rotatable bonds is 6. The van der Waals surface area contributed by atoms with Crippen molar-refractivity contribution in [1.82, 2.24) is 0 Å². The van der Waals surface area contributed by atoms with Crippen molar-refractivity contribution >= 4 is 23.3 Å². The van der Waals surface area contributed by atoms with Gasteiger partial charge in [0.05, 0.1) is 18.2 Å². The molecule has 0 aliphatic carbocycles. The molecule has 0 aliphatic rings. The number of benzene rings is 2. The van der Waals surface area contributed by atoms with E-state index in [1.54, 1.807) is 19.1 Å². The molecule has 2 rings (SSSR count). The Morgan fingerprint density at radius 3 is 2.41 bits per heavy atom. The van der Waals surface area contributed by atoms with Crippen LogP contribution in [-0.2, 0) is 9.53 Å². The summed E-state index contributed by atoms with van der Waals surface area (Å²) in [6.07, 6.45) is 0. The number of ether oxygens (including phenoxy) is 1. The summed E-state index contributed by atoms with van der Waals surface area (Å²) in [5, 5.41) is 3.95. The highest BCUT2D eigenvalue weighted by Gasteiger charge is 2.22. The molecule has 1 N–H and O–H groups in total. The molecule has 2 aromatic rings. The van der Waals surface area contributed by atoms with Crippen molar-refractivity contribution in [3.8, 4) is 0 Å². The summed E-state index contributed by atoms with van der Waals surface area (Å²) in [6, 6.07) is 16.6. The topological polar surface area (TPSA) is 38.3 Å². The van der Waals surface area contributed by atoms with Crippen LogP contribution < -0.4 is 5.32 Å². The lowest BCUT2D eigenvalue weighted by atomic mass is 9.99. The predicted molar refractivity (Wildman–Crippen MR) is 90.0 cm³/mol. The van der Waals surface area contributed by atoms with Gasteiger partial charge in [-0.25, -0.2) is 4.79 Å². The third-order valence-corrected chi connectivity index (χ3v) is 3.43. The molecule has 2 aromatic carbocycles. The SMILES string of the molecule is C=C(C(=O)OCC)[C@H](Nc1ccccc1)c1ccc(Cl)cc1. The van der Waals surface area contributed by atoms with E-state index in [1.165, 1.54) is 0 Å². The molecule has 4 heteroatoms. The second-order valence-electron chi connectivity index (χ2n) is 4.74. The maximum Gasteiger partial charge on any atom is 0.335 e. The van der Waals surface area contributed by atoms with Gasteiger partial charge in [0, 0.05) is 10.7 Å². The molecule has 22 heavy (non-hydrogen) atoms. The lowest BCUT2D eigenvalue weighted by Gasteiger charge is -2.22. The number of nitrogens with one attached hydrogen (secondary N) is 1. The van der Waals surface area contributed by atoms with E-state index in [2.05, 4.69) is 11.9 Å². The standard InChI is InChI=1S/C18H18ClNO2/c1-3-22-18(21)13(2)17(14-9-11-15(19)12-10-14)20-16-7-5-4-6-8-16/h4-12,17,20H,2-3H2,1H3/t17-/m0/s1. The van der Waals surface area contributed by atoms with E-state index in [9.17, 15) is 4.79 Å². The first-order valence-corrected chi connectivity index (χ1v) is 7.42. The Labute approximate surface area is 135 Å². The number of hydrogen-bond donors (Lipinski definition) is 1. The highest BCUT2D eigenvalue weighted by atomic mass is 35.5. The molecule has 0 fully saturated rings. The van der Waals surface area contributed by atoms with Gasteiger partial charge in [-0.15, -0.1) is 0 Å². The predicted octanol–water partition coefficient (Wildman–Crippen LogP) is 4.61. The lowest BCUT2D eigenvalue weighted by Crippen LogP contribution is -2.20. The third-order valence-electron chi connectivity index (χ3n) is 3.17. The Morgan fingerprint density at radius 1 is 1.18 bits per heavy atom. The van der Waals surface area contributed by atoms with Gasteiger partial charge < -0.3 is 10.1 Å². The van der Waals surface area contributed by atoms with Crippen LogP contribution in [-0.4, -0.2) is 12.6 Å². The molecule has 0 aromatic heterocycles. The van der Waals surface area contributed by atoms with Crippen LogP contribution in [0.3, 0.4) is 0 Å². The molecule has 114 valence electrons. The normalized spacial score (nSPS) is 11.5. The summed E-state index contributed by atoms with van der Waals surface area (Å²) in [4.78, 5) is 12.0. The van der Waals surface area contributed by atoms with Gasteiger partial charge in [-0.1, -0.05) is 48.5 Å². The van der Waals surface area contributed by atoms with Gasteiger partial charge in [-0.05, 0) is 36.8 Å². The number of esters is 1. The quantitative estimate of drug-likeness (QED) is 0.625. The Kier molecular flexibility index (Phi) is 5.61. The van der Waals surface area contributed by atoms with Crippen LogP contribution >= 0.6 is 11.6 Å². The van der Waals surface area contributed by atoms with Crippen molar-refractivity contribution in [3.63, 3.8) is 0 Å². The van der Waals surface area contributed by atoms with E-state index >= 15 is 0 Å². The van der Waals surface area contributed by atoms with Gasteiger partial charge in [0.15, 0.2) is 0 Å². The Bertz CT molecular complexity index is 638. The van der Waals surface area contributed by atoms with Crippen molar-refractivity contribution in [3.05, 3.63) is 77.3 Å². The van der Waals surface area contributed by atoms with Crippen molar-refractivity contribution in [2.24, 2.45) is 0 Å². The van der Waals surface area contributed by atoms with E-state index in [0.29, 0.717) is 17.2 Å². The second kappa shape index (κ2) is 7.66. The maximum absolute atomic E-state index is 12.0. The summed E-state index contributed by atoms with van der Waals surface area (Å²) >= 11 is 5.93. The highest BCUT2D eigenvalue weighted by molar-refractivity contribution is 6.30. The average molecular weight is 316 g/mol. The average Bonchev–Trinajstić information content (AvgIpc) is 2.54. The Hall–Kier alpha value is -2.26. The number of anilines is 1. The molecule has 0 aliphatic heterocycles. The fourth-order valence-corrected chi connectivity index (χ4v) is 2.20. The second-order valence-corrected chi connectivity index (χ2v) is 5.18. The molecule has 0 saturated heterocycles. The van der Waals surface area contributed by atoms with E-state index in [0.717, 1.165) is 11.3 Å². The molecular weight excluding hydrogens is 298 g/mol. The number of hydrogen-bond acceptors (Lipinski definition) is 3. The van der Waals surface area contributed by atoms with Gasteiger partial charge in [0.2, 0.25) is 0 Å². The summed E-state index contributed by atoms with van der Waals surface area (Å²) in [6.45, 7) is 5.99. The van der Waals surface area contributed by atoms with Crippen LogP contribution in [0.2, 0.25) is 5.02 Å².